The predicted octanol–water partition coefficient (Wildman–Crippen LogP) is 15.4. The van der Waals surface area contributed by atoms with Gasteiger partial charge in [-0.25, -0.2) is 9.97 Å². The molecule has 0 bridgehead atoms. The second-order valence-electron chi connectivity index (χ2n) is 17.1. The van der Waals surface area contributed by atoms with Crippen molar-refractivity contribution in [3.05, 3.63) is 259 Å². The Balaban J connectivity index is 1.04. The lowest BCUT2D eigenvalue weighted by Crippen LogP contribution is -2.29. The van der Waals surface area contributed by atoms with Crippen LogP contribution in [0.5, 0.6) is 0 Å². The van der Waals surface area contributed by atoms with Gasteiger partial charge in [-0.15, -0.1) is 0 Å². The van der Waals surface area contributed by atoms with Crippen molar-refractivity contribution < 1.29 is 0 Å². The Kier molecular flexibility index (Phi) is 8.44. The zero-order valence-electron chi connectivity index (χ0n) is 35.4. The minimum Gasteiger partial charge on any atom is -0.256 e. The maximum absolute atomic E-state index is 5.46. The molecule has 3 heteroatoms. The Morgan fingerprint density at radius 3 is 1.38 bits per heavy atom. The average Bonchev–Trinajstić information content (AvgIpc) is 3.63. The fourth-order valence-corrected chi connectivity index (χ4v) is 10.7. The highest BCUT2D eigenvalue weighted by Gasteiger charge is 2.49. The van der Waals surface area contributed by atoms with Gasteiger partial charge in [-0.2, -0.15) is 0 Å². The van der Waals surface area contributed by atoms with Crippen LogP contribution in [0.4, 0.5) is 0 Å². The third-order valence-corrected chi connectivity index (χ3v) is 13.6. The molecule has 0 fully saturated rings. The first-order chi connectivity index (χ1) is 32.2. The van der Waals surface area contributed by atoms with Gasteiger partial charge in [0.05, 0.1) is 22.5 Å². The van der Waals surface area contributed by atoms with E-state index in [0.29, 0.717) is 5.82 Å². The first-order valence-electron chi connectivity index (χ1n) is 22.3. The highest BCUT2D eigenvalue weighted by atomic mass is 14.9. The van der Waals surface area contributed by atoms with E-state index >= 15 is 0 Å². The summed E-state index contributed by atoms with van der Waals surface area (Å²) in [5.74, 6) is 0.674. The topological polar surface area (TPSA) is 38.7 Å². The number of benzene rings is 9. The van der Waals surface area contributed by atoms with Crippen LogP contribution in [-0.4, -0.2) is 15.0 Å². The Bertz CT molecular complexity index is 3590. The van der Waals surface area contributed by atoms with Crippen LogP contribution in [-0.2, 0) is 5.41 Å². The van der Waals surface area contributed by atoms with Gasteiger partial charge in [0, 0.05) is 28.5 Å². The minimum absolute atomic E-state index is 0.592. The smallest absolute Gasteiger partial charge is 0.160 e. The van der Waals surface area contributed by atoms with Crippen molar-refractivity contribution in [2.45, 2.75) is 5.41 Å². The lowest BCUT2D eigenvalue weighted by molar-refractivity contribution is 0.775. The molecule has 9 aromatic carbocycles. The van der Waals surface area contributed by atoms with Crippen LogP contribution in [0.15, 0.2) is 237 Å². The monoisotopic (exact) mass is 825 g/mol. The van der Waals surface area contributed by atoms with Gasteiger partial charge in [-0.3, -0.25) is 4.98 Å². The molecule has 2 heterocycles. The third-order valence-electron chi connectivity index (χ3n) is 13.6. The van der Waals surface area contributed by atoms with Gasteiger partial charge >= 0.3 is 0 Å². The molecule has 0 N–H and O–H groups in total. The molecule has 3 nitrogen and oxygen atoms in total. The summed E-state index contributed by atoms with van der Waals surface area (Å²) >= 11 is 0. The molecule has 0 aliphatic heterocycles. The molecule has 0 saturated carbocycles. The lowest BCUT2D eigenvalue weighted by Gasteiger charge is -2.35. The maximum atomic E-state index is 5.46. The molecule has 302 valence electrons. The summed E-state index contributed by atoms with van der Waals surface area (Å²) in [5, 5.41) is 2.46. The van der Waals surface area contributed by atoms with Gasteiger partial charge in [0.15, 0.2) is 5.82 Å². The van der Waals surface area contributed by atoms with Crippen LogP contribution in [0, 0.1) is 0 Å². The Morgan fingerprint density at radius 2 is 0.738 bits per heavy atom. The number of rotatable bonds is 5. The van der Waals surface area contributed by atoms with Crippen molar-refractivity contribution >= 4 is 10.8 Å². The molecule has 13 rings (SSSR count). The minimum atomic E-state index is -0.592. The van der Waals surface area contributed by atoms with Crippen molar-refractivity contribution in [1.29, 1.82) is 0 Å². The summed E-state index contributed by atoms with van der Waals surface area (Å²) < 4.78 is 0. The SMILES string of the molecule is c1ccc(-c2ccc(-c3cc(-c4ccc5c(c4)C4(c6ccccc6-c6ccccc6-5)c5ccccc5-c5ccccc54)nc(-c4ccc(-c5cccc6ccccc56)cc4)n3)cc2)nc1. The first-order valence-corrected chi connectivity index (χ1v) is 22.3. The molecular formula is C62H39N3. The van der Waals surface area contributed by atoms with Gasteiger partial charge in [-0.1, -0.05) is 206 Å². The van der Waals surface area contributed by atoms with Crippen LogP contribution in [0.1, 0.15) is 22.3 Å². The van der Waals surface area contributed by atoms with Gasteiger partial charge in [0.2, 0.25) is 0 Å². The standard InChI is InChI=1S/C62H39N3/c1-2-16-46-40(14-1)15-13-22-47(46)41-27-33-44(34-28-41)61-64-59(43-31-29-42(30-32-43)58-26-11-12-37-63-58)39-60(65-61)45-35-36-53-49-18-4-3-17-48(49)50-19-5-8-23-54(50)62(57(53)38-45)55-24-9-6-20-51(55)52-21-7-10-25-56(52)62/h1-39H. The van der Waals surface area contributed by atoms with E-state index in [1.807, 2.05) is 24.4 Å². The van der Waals surface area contributed by atoms with Gasteiger partial charge in [0.1, 0.15) is 0 Å². The van der Waals surface area contributed by atoms with E-state index in [1.54, 1.807) is 0 Å². The second-order valence-corrected chi connectivity index (χ2v) is 17.1. The maximum Gasteiger partial charge on any atom is 0.160 e. The molecule has 0 unspecified atom stereocenters. The van der Waals surface area contributed by atoms with Crippen LogP contribution in [0.2, 0.25) is 0 Å². The molecule has 65 heavy (non-hydrogen) atoms. The Hall–Kier alpha value is -8.53. The number of pyridine rings is 1. The predicted molar refractivity (Wildman–Crippen MR) is 266 cm³/mol. The first kappa shape index (κ1) is 37.1. The van der Waals surface area contributed by atoms with E-state index in [4.69, 9.17) is 9.97 Å². The lowest BCUT2D eigenvalue weighted by atomic mass is 9.65. The molecular weight excluding hydrogens is 787 g/mol. The number of aromatic nitrogens is 3. The van der Waals surface area contributed by atoms with Gasteiger partial charge in [0.25, 0.3) is 0 Å². The number of fused-ring (bicyclic) bond motifs is 13. The zero-order valence-corrected chi connectivity index (χ0v) is 35.4. The third kappa shape index (κ3) is 5.79. The summed E-state index contributed by atoms with van der Waals surface area (Å²) in [5.41, 5.74) is 21.1. The average molecular weight is 826 g/mol. The van der Waals surface area contributed by atoms with Crippen molar-refractivity contribution in [3.63, 3.8) is 0 Å². The zero-order chi connectivity index (χ0) is 42.9. The highest BCUT2D eigenvalue weighted by molar-refractivity contribution is 5.99. The summed E-state index contributed by atoms with van der Waals surface area (Å²) in [7, 11) is 0. The number of hydrogen-bond acceptors (Lipinski definition) is 3. The van der Waals surface area contributed by atoms with Crippen LogP contribution >= 0.6 is 0 Å². The summed E-state index contributed by atoms with van der Waals surface area (Å²) in [4.78, 5) is 15.4. The largest absolute Gasteiger partial charge is 0.256 e. The Labute approximate surface area is 378 Å². The van der Waals surface area contributed by atoms with Gasteiger partial charge < -0.3 is 0 Å². The Morgan fingerprint density at radius 1 is 0.277 bits per heavy atom. The van der Waals surface area contributed by atoms with Crippen molar-refractivity contribution in [2.75, 3.05) is 0 Å². The van der Waals surface area contributed by atoms with E-state index in [2.05, 4.69) is 217 Å². The second kappa shape index (κ2) is 14.8. The van der Waals surface area contributed by atoms with Crippen molar-refractivity contribution in [3.8, 4) is 89.7 Å². The van der Waals surface area contributed by atoms with Crippen LogP contribution in [0.3, 0.4) is 0 Å². The quantitative estimate of drug-likeness (QED) is 0.173. The molecule has 2 aromatic heterocycles. The molecule has 0 radical (unpaired) electrons. The van der Waals surface area contributed by atoms with Gasteiger partial charge in [-0.05, 0) is 102 Å². The van der Waals surface area contributed by atoms with Crippen molar-refractivity contribution in [1.82, 2.24) is 15.0 Å². The molecule has 0 saturated heterocycles. The molecule has 0 amide bonds. The van der Waals surface area contributed by atoms with E-state index in [0.717, 1.165) is 44.9 Å². The van der Waals surface area contributed by atoms with E-state index in [-0.39, 0.29) is 0 Å². The van der Waals surface area contributed by atoms with Crippen molar-refractivity contribution in [2.24, 2.45) is 0 Å². The molecule has 11 aromatic rings. The fourth-order valence-electron chi connectivity index (χ4n) is 10.7. The normalized spacial score (nSPS) is 12.7. The molecule has 2 aliphatic carbocycles. The molecule has 2 aliphatic rings. The summed E-state index contributed by atoms with van der Waals surface area (Å²) in [6.45, 7) is 0. The van der Waals surface area contributed by atoms with E-state index in [1.165, 1.54) is 72.0 Å². The summed E-state index contributed by atoms with van der Waals surface area (Å²) in [6.07, 6.45) is 1.84. The number of hydrogen-bond donors (Lipinski definition) is 0. The van der Waals surface area contributed by atoms with Crippen LogP contribution in [0.25, 0.3) is 100 Å². The molecule has 0 atom stereocenters. The van der Waals surface area contributed by atoms with E-state index < -0.39 is 5.41 Å². The highest BCUT2D eigenvalue weighted by Crippen LogP contribution is 2.61. The molecule has 1 spiro atoms. The summed E-state index contributed by atoms with van der Waals surface area (Å²) in [6, 6.07) is 83.5. The van der Waals surface area contributed by atoms with E-state index in [9.17, 15) is 0 Å². The number of nitrogens with zero attached hydrogens (tertiary/aromatic N) is 3. The fraction of sp³-hybridized carbons (Fsp3) is 0.0161. The van der Waals surface area contributed by atoms with Crippen LogP contribution < -0.4 is 0 Å².